The van der Waals surface area contributed by atoms with E-state index in [-0.39, 0.29) is 35.8 Å². The molecule has 0 radical (unpaired) electrons. The third kappa shape index (κ3) is 2.99. The Balaban J connectivity index is 1.47. The molecule has 1 aliphatic carbocycles. The van der Waals surface area contributed by atoms with E-state index in [0.717, 1.165) is 16.7 Å². The summed E-state index contributed by atoms with van der Waals surface area (Å²) >= 11 is 5.87. The molecule has 9 heteroatoms. The van der Waals surface area contributed by atoms with Gasteiger partial charge in [-0.05, 0) is 49.4 Å². The van der Waals surface area contributed by atoms with Crippen LogP contribution in [0.5, 0.6) is 5.75 Å². The Morgan fingerprint density at radius 2 is 1.94 bits per heavy atom. The molecule has 1 unspecified atom stereocenters. The van der Waals surface area contributed by atoms with E-state index in [1.807, 2.05) is 25.1 Å². The van der Waals surface area contributed by atoms with E-state index >= 15 is 0 Å². The summed E-state index contributed by atoms with van der Waals surface area (Å²) in [7, 11) is 0. The zero-order valence-electron chi connectivity index (χ0n) is 18.8. The molecule has 178 valence electrons. The molecule has 0 saturated carbocycles. The lowest BCUT2D eigenvalue weighted by atomic mass is 9.95. The van der Waals surface area contributed by atoms with Crippen molar-refractivity contribution >= 4 is 23.4 Å². The molecule has 3 aliphatic rings. The van der Waals surface area contributed by atoms with Crippen molar-refractivity contribution in [2.24, 2.45) is 0 Å². The lowest BCUT2D eigenvalue weighted by Crippen LogP contribution is -2.47. The van der Waals surface area contributed by atoms with Crippen molar-refractivity contribution in [3.05, 3.63) is 96.7 Å². The van der Waals surface area contributed by atoms with Gasteiger partial charge in [-0.2, -0.15) is 0 Å². The van der Waals surface area contributed by atoms with Crippen LogP contribution in [0.3, 0.4) is 0 Å². The number of aromatic hydroxyl groups is 1. The summed E-state index contributed by atoms with van der Waals surface area (Å²) in [5.74, 6) is -2.21. The summed E-state index contributed by atoms with van der Waals surface area (Å²) in [5.41, 5.74) is 1.99. The lowest BCUT2D eigenvalue weighted by molar-refractivity contribution is 0.0721. The maximum atomic E-state index is 13.5. The number of aromatic nitrogens is 1. The summed E-state index contributed by atoms with van der Waals surface area (Å²) in [6.45, 7) is 2.33. The first kappa shape index (κ1) is 21.9. The Bertz CT molecular complexity index is 1530. The van der Waals surface area contributed by atoms with Crippen LogP contribution >= 0.6 is 11.6 Å². The summed E-state index contributed by atoms with van der Waals surface area (Å²) in [6, 6.07) is 10.1. The standard InChI is InChI=1S/C26H21ClFN3O4/c1-13-2-4-15-6-8-26(17(15)10-13)29-23(33)21-16-7-9-30(12-14-3-5-19(28)18(27)11-14)24(34)20(16)22(32)25(35)31(21)26/h2-5,10-11,32H,6-9,12H2,1H3,(H,29,33). The molecule has 2 aliphatic heterocycles. The third-order valence-corrected chi connectivity index (χ3v) is 7.62. The molecule has 3 heterocycles. The maximum absolute atomic E-state index is 13.5. The highest BCUT2D eigenvalue weighted by molar-refractivity contribution is 6.30. The van der Waals surface area contributed by atoms with Gasteiger partial charge in [0.1, 0.15) is 17.2 Å². The van der Waals surface area contributed by atoms with Gasteiger partial charge in [0.2, 0.25) is 0 Å². The first-order valence-corrected chi connectivity index (χ1v) is 11.8. The van der Waals surface area contributed by atoms with Gasteiger partial charge >= 0.3 is 0 Å². The van der Waals surface area contributed by atoms with Crippen LogP contribution in [0.2, 0.25) is 5.02 Å². The molecular formula is C26H21ClFN3O4. The van der Waals surface area contributed by atoms with E-state index in [4.69, 9.17) is 11.6 Å². The molecule has 0 fully saturated rings. The second kappa shape index (κ2) is 7.42. The largest absolute Gasteiger partial charge is 0.502 e. The highest BCUT2D eigenvalue weighted by atomic mass is 35.5. The van der Waals surface area contributed by atoms with Crippen LogP contribution in [0.25, 0.3) is 0 Å². The predicted molar refractivity (Wildman–Crippen MR) is 126 cm³/mol. The number of fused-ring (bicyclic) bond motifs is 6. The van der Waals surface area contributed by atoms with E-state index in [2.05, 4.69) is 5.32 Å². The summed E-state index contributed by atoms with van der Waals surface area (Å²) in [6.07, 6.45) is 1.43. The van der Waals surface area contributed by atoms with Crippen LogP contribution in [0.15, 0.2) is 41.2 Å². The Kier molecular flexibility index (Phi) is 4.63. The summed E-state index contributed by atoms with van der Waals surface area (Å²) < 4.78 is 14.9. The van der Waals surface area contributed by atoms with Crippen molar-refractivity contribution in [2.75, 3.05) is 6.54 Å². The number of hydrogen-bond acceptors (Lipinski definition) is 4. The Hall–Kier alpha value is -3.65. The lowest BCUT2D eigenvalue weighted by Gasteiger charge is -2.32. The SMILES string of the molecule is Cc1ccc2c(c1)C1(CC2)NC(=O)c2c3c(c(O)c(=O)n21)C(=O)N(Cc1ccc(F)c(Cl)c1)CC3. The number of amides is 2. The second-order valence-electron chi connectivity index (χ2n) is 9.39. The Morgan fingerprint density at radius 3 is 2.71 bits per heavy atom. The van der Waals surface area contributed by atoms with Gasteiger partial charge in [-0.1, -0.05) is 41.4 Å². The number of aryl methyl sites for hydroxylation is 2. The fraction of sp³-hybridized carbons (Fsp3) is 0.269. The van der Waals surface area contributed by atoms with Gasteiger partial charge in [-0.25, -0.2) is 4.39 Å². The average molecular weight is 494 g/mol. The van der Waals surface area contributed by atoms with Gasteiger partial charge in [0.25, 0.3) is 17.4 Å². The van der Waals surface area contributed by atoms with E-state index in [0.29, 0.717) is 24.0 Å². The molecular weight excluding hydrogens is 473 g/mol. The second-order valence-corrected chi connectivity index (χ2v) is 9.80. The average Bonchev–Trinajstić information content (AvgIpc) is 3.33. The van der Waals surface area contributed by atoms with Gasteiger partial charge in [-0.15, -0.1) is 0 Å². The number of nitrogens with one attached hydrogen (secondary N) is 1. The first-order valence-electron chi connectivity index (χ1n) is 11.4. The van der Waals surface area contributed by atoms with E-state index in [9.17, 15) is 23.9 Å². The van der Waals surface area contributed by atoms with Gasteiger partial charge in [0.15, 0.2) is 5.75 Å². The van der Waals surface area contributed by atoms with E-state index < -0.39 is 34.6 Å². The van der Waals surface area contributed by atoms with Gasteiger partial charge < -0.3 is 15.3 Å². The zero-order valence-corrected chi connectivity index (χ0v) is 19.6. The smallest absolute Gasteiger partial charge is 0.296 e. The minimum Gasteiger partial charge on any atom is -0.502 e. The molecule has 6 rings (SSSR count). The quantitative estimate of drug-likeness (QED) is 0.573. The maximum Gasteiger partial charge on any atom is 0.296 e. The van der Waals surface area contributed by atoms with Crippen molar-refractivity contribution in [3.63, 3.8) is 0 Å². The zero-order chi connectivity index (χ0) is 24.6. The number of carbonyl (C=O) groups is 2. The van der Waals surface area contributed by atoms with Crippen LogP contribution in [0, 0.1) is 12.7 Å². The van der Waals surface area contributed by atoms with Gasteiger partial charge in [0.05, 0.1) is 10.6 Å². The first-order chi connectivity index (χ1) is 16.7. The molecule has 2 N–H and O–H groups in total. The molecule has 0 saturated heterocycles. The van der Waals surface area contributed by atoms with Crippen molar-refractivity contribution in [1.29, 1.82) is 0 Å². The van der Waals surface area contributed by atoms with Gasteiger partial charge in [0, 0.05) is 24.2 Å². The molecule has 35 heavy (non-hydrogen) atoms. The van der Waals surface area contributed by atoms with Crippen LogP contribution in [-0.2, 0) is 25.0 Å². The Morgan fingerprint density at radius 1 is 1.14 bits per heavy atom. The fourth-order valence-electron chi connectivity index (χ4n) is 5.71. The molecule has 2 amide bonds. The van der Waals surface area contributed by atoms with Crippen LogP contribution in [0.1, 0.15) is 55.1 Å². The number of rotatable bonds is 2. The molecule has 1 atom stereocenters. The van der Waals surface area contributed by atoms with Crippen LogP contribution in [0.4, 0.5) is 4.39 Å². The fourth-order valence-corrected chi connectivity index (χ4v) is 5.91. The number of nitrogens with zero attached hydrogens (tertiary/aromatic N) is 2. The number of pyridine rings is 1. The molecule has 7 nitrogen and oxygen atoms in total. The minimum atomic E-state index is -1.08. The van der Waals surface area contributed by atoms with E-state index in [1.54, 1.807) is 0 Å². The summed E-state index contributed by atoms with van der Waals surface area (Å²) in [5, 5.41) is 13.9. The van der Waals surface area contributed by atoms with Crippen LogP contribution in [-0.4, -0.2) is 32.9 Å². The van der Waals surface area contributed by atoms with Gasteiger partial charge in [-0.3, -0.25) is 19.0 Å². The van der Waals surface area contributed by atoms with Crippen molar-refractivity contribution in [2.45, 2.75) is 38.4 Å². The monoisotopic (exact) mass is 493 g/mol. The van der Waals surface area contributed by atoms with Crippen molar-refractivity contribution in [1.82, 2.24) is 14.8 Å². The predicted octanol–water partition coefficient (Wildman–Crippen LogP) is 3.24. The minimum absolute atomic E-state index is 0.0553. The molecule has 1 spiro atoms. The Labute approximate surface area is 204 Å². The molecule has 2 aromatic carbocycles. The van der Waals surface area contributed by atoms with Crippen LogP contribution < -0.4 is 10.9 Å². The molecule has 3 aromatic rings. The third-order valence-electron chi connectivity index (χ3n) is 7.33. The topological polar surface area (TPSA) is 91.6 Å². The highest BCUT2D eigenvalue weighted by Gasteiger charge is 2.51. The molecule has 0 bridgehead atoms. The van der Waals surface area contributed by atoms with Crippen molar-refractivity contribution < 1.29 is 19.1 Å². The molecule has 1 aromatic heterocycles. The highest BCUT2D eigenvalue weighted by Crippen LogP contribution is 2.44. The summed E-state index contributed by atoms with van der Waals surface area (Å²) in [4.78, 5) is 41.6. The number of hydrogen-bond donors (Lipinski definition) is 2. The van der Waals surface area contributed by atoms with E-state index in [1.165, 1.54) is 27.7 Å². The number of benzene rings is 2. The normalized spacial score (nSPS) is 20.1. The number of halogens is 2. The number of carbonyl (C=O) groups excluding carboxylic acids is 2. The van der Waals surface area contributed by atoms with Crippen molar-refractivity contribution in [3.8, 4) is 5.75 Å².